The number of aromatic nitrogens is 2. The van der Waals surface area contributed by atoms with Gasteiger partial charge in [0, 0.05) is 24.1 Å². The molecule has 30 heavy (non-hydrogen) atoms. The first kappa shape index (κ1) is 20.4. The van der Waals surface area contributed by atoms with Crippen LogP contribution in [0, 0.1) is 0 Å². The zero-order chi connectivity index (χ0) is 21.0. The molecule has 5 nitrogen and oxygen atoms in total. The van der Waals surface area contributed by atoms with Gasteiger partial charge in [0.15, 0.2) is 0 Å². The number of piperazine rings is 1. The maximum absolute atomic E-state index is 12.9. The number of benzene rings is 2. The maximum atomic E-state index is 12.9. The van der Waals surface area contributed by atoms with E-state index in [0.717, 1.165) is 57.2 Å². The number of halogens is 3. The Morgan fingerprint density at radius 1 is 1.00 bits per heavy atom. The van der Waals surface area contributed by atoms with Gasteiger partial charge in [-0.1, -0.05) is 41.6 Å². The van der Waals surface area contributed by atoms with E-state index in [1.165, 1.54) is 17.0 Å². The van der Waals surface area contributed by atoms with Gasteiger partial charge in [-0.15, -0.1) is 0 Å². The van der Waals surface area contributed by atoms with Crippen LogP contribution in [0.3, 0.4) is 0 Å². The highest BCUT2D eigenvalue weighted by Crippen LogP contribution is 2.31. The smallest absolute Gasteiger partial charge is 0.360 e. The molecule has 4 rings (SSSR count). The van der Waals surface area contributed by atoms with Gasteiger partial charge in [0.2, 0.25) is 11.7 Å². The largest absolute Gasteiger partial charge is 0.416 e. The van der Waals surface area contributed by atoms with Crippen LogP contribution in [0.5, 0.6) is 0 Å². The molecule has 158 valence electrons. The van der Waals surface area contributed by atoms with E-state index in [1.54, 1.807) is 6.07 Å². The normalized spacial score (nSPS) is 15.5. The van der Waals surface area contributed by atoms with E-state index in [-0.39, 0.29) is 0 Å². The molecule has 2 aromatic carbocycles. The maximum Gasteiger partial charge on any atom is 0.416 e. The van der Waals surface area contributed by atoms with Crippen LogP contribution in [0.1, 0.15) is 17.9 Å². The Morgan fingerprint density at radius 3 is 2.50 bits per heavy atom. The molecular weight excluding hydrogens is 393 g/mol. The molecule has 1 aliphatic rings. The van der Waals surface area contributed by atoms with Crippen molar-refractivity contribution in [1.29, 1.82) is 0 Å². The minimum absolute atomic E-state index is 0.593. The van der Waals surface area contributed by atoms with Crippen molar-refractivity contribution in [3.05, 3.63) is 66.1 Å². The van der Waals surface area contributed by atoms with Crippen LogP contribution in [-0.4, -0.2) is 42.9 Å². The van der Waals surface area contributed by atoms with Crippen LogP contribution in [0.15, 0.2) is 59.1 Å². The Morgan fingerprint density at radius 2 is 1.77 bits per heavy atom. The molecule has 0 unspecified atom stereocenters. The molecule has 0 radical (unpaired) electrons. The third kappa shape index (κ3) is 4.99. The van der Waals surface area contributed by atoms with E-state index in [4.69, 9.17) is 4.52 Å². The van der Waals surface area contributed by atoms with Crippen molar-refractivity contribution in [2.24, 2.45) is 0 Å². The molecule has 3 aromatic rings. The number of hydrogen-bond acceptors (Lipinski definition) is 4. The van der Waals surface area contributed by atoms with Crippen LogP contribution in [0.25, 0.3) is 11.4 Å². The molecule has 8 heteroatoms. The number of rotatable bonds is 6. The van der Waals surface area contributed by atoms with Gasteiger partial charge in [-0.25, -0.2) is 0 Å². The quantitative estimate of drug-likeness (QED) is 0.670. The summed E-state index contributed by atoms with van der Waals surface area (Å²) in [6.07, 6.45) is -2.66. The molecule has 0 amide bonds. The van der Waals surface area contributed by atoms with Crippen LogP contribution in [-0.2, 0) is 12.6 Å². The number of quaternary nitrogens is 1. The third-order valence-corrected chi connectivity index (χ3v) is 5.43. The summed E-state index contributed by atoms with van der Waals surface area (Å²) in [5.41, 5.74) is 0.983. The van der Waals surface area contributed by atoms with E-state index >= 15 is 0 Å². The molecular formula is C22H24F3N4O+. The van der Waals surface area contributed by atoms with E-state index in [9.17, 15) is 13.2 Å². The highest BCUT2D eigenvalue weighted by molar-refractivity contribution is 5.53. The zero-order valence-corrected chi connectivity index (χ0v) is 16.5. The van der Waals surface area contributed by atoms with Crippen molar-refractivity contribution in [2.75, 3.05) is 37.6 Å². The predicted octanol–water partition coefficient (Wildman–Crippen LogP) is 3.09. The van der Waals surface area contributed by atoms with E-state index in [2.05, 4.69) is 10.1 Å². The molecule has 1 N–H and O–H groups in total. The van der Waals surface area contributed by atoms with Gasteiger partial charge < -0.3 is 14.3 Å². The lowest BCUT2D eigenvalue weighted by Gasteiger charge is -2.34. The number of alkyl halides is 3. The Labute approximate surface area is 173 Å². The SMILES string of the molecule is FC(F)(F)c1cccc(N2CC[NH+](CCCc3nc(-c4ccccc4)no3)CC2)c1. The zero-order valence-electron chi connectivity index (χ0n) is 16.5. The number of hydrogen-bond donors (Lipinski definition) is 1. The fourth-order valence-electron chi connectivity index (χ4n) is 3.76. The minimum atomic E-state index is -4.31. The minimum Gasteiger partial charge on any atom is -0.360 e. The summed E-state index contributed by atoms with van der Waals surface area (Å²) in [5, 5.41) is 4.04. The van der Waals surface area contributed by atoms with Gasteiger partial charge in [-0.3, -0.25) is 0 Å². The highest BCUT2D eigenvalue weighted by Gasteiger charge is 2.31. The first-order valence-electron chi connectivity index (χ1n) is 10.1. The summed E-state index contributed by atoms with van der Waals surface area (Å²) in [4.78, 5) is 7.93. The Balaban J connectivity index is 1.24. The van der Waals surface area contributed by atoms with E-state index in [0.29, 0.717) is 17.4 Å². The van der Waals surface area contributed by atoms with Crippen LogP contribution in [0.4, 0.5) is 18.9 Å². The van der Waals surface area contributed by atoms with Crippen LogP contribution in [0.2, 0.25) is 0 Å². The summed E-state index contributed by atoms with van der Waals surface area (Å²) in [6, 6.07) is 15.3. The highest BCUT2D eigenvalue weighted by atomic mass is 19.4. The van der Waals surface area contributed by atoms with Crippen molar-refractivity contribution in [2.45, 2.75) is 19.0 Å². The summed E-state index contributed by atoms with van der Waals surface area (Å²) in [7, 11) is 0. The van der Waals surface area contributed by atoms with Gasteiger partial charge in [-0.05, 0) is 18.2 Å². The molecule has 0 bridgehead atoms. The van der Waals surface area contributed by atoms with E-state index < -0.39 is 11.7 Å². The molecule has 0 aliphatic carbocycles. The average molecular weight is 417 g/mol. The lowest BCUT2D eigenvalue weighted by atomic mass is 10.1. The lowest BCUT2D eigenvalue weighted by Crippen LogP contribution is -3.14. The van der Waals surface area contributed by atoms with Crippen molar-refractivity contribution in [3.8, 4) is 11.4 Å². The summed E-state index contributed by atoms with van der Waals surface area (Å²) < 4.78 is 44.2. The Kier molecular flexibility index (Phi) is 6.03. The summed E-state index contributed by atoms with van der Waals surface area (Å²) in [5.74, 6) is 1.24. The summed E-state index contributed by atoms with van der Waals surface area (Å²) in [6.45, 7) is 4.26. The van der Waals surface area contributed by atoms with Crippen LogP contribution < -0.4 is 9.80 Å². The summed E-state index contributed by atoms with van der Waals surface area (Å²) >= 11 is 0. The van der Waals surface area contributed by atoms with Gasteiger partial charge in [-0.2, -0.15) is 18.2 Å². The first-order chi connectivity index (χ1) is 14.5. The van der Waals surface area contributed by atoms with Gasteiger partial charge in [0.25, 0.3) is 0 Å². The van der Waals surface area contributed by atoms with Crippen molar-refractivity contribution < 1.29 is 22.6 Å². The molecule has 1 aliphatic heterocycles. The monoisotopic (exact) mass is 417 g/mol. The number of anilines is 1. The Hall–Kier alpha value is -2.87. The first-order valence-corrected chi connectivity index (χ1v) is 10.1. The second-order valence-electron chi connectivity index (χ2n) is 7.52. The fraction of sp³-hybridized carbons (Fsp3) is 0.364. The Bertz CT molecular complexity index is 950. The molecule has 1 saturated heterocycles. The molecule has 0 spiro atoms. The lowest BCUT2D eigenvalue weighted by molar-refractivity contribution is -0.900. The van der Waals surface area contributed by atoms with Gasteiger partial charge in [0.1, 0.15) is 0 Å². The average Bonchev–Trinajstić information content (AvgIpc) is 3.23. The second kappa shape index (κ2) is 8.87. The number of nitrogens with one attached hydrogen (secondary N) is 1. The molecule has 0 saturated carbocycles. The molecule has 1 aromatic heterocycles. The van der Waals surface area contributed by atoms with Crippen LogP contribution >= 0.6 is 0 Å². The predicted molar refractivity (Wildman–Crippen MR) is 107 cm³/mol. The van der Waals surface area contributed by atoms with Gasteiger partial charge >= 0.3 is 6.18 Å². The standard InChI is InChI=1S/C22H23F3N4O/c23-22(24,25)18-8-4-9-19(16-18)29-14-12-28(13-15-29)11-5-10-20-26-21(27-30-20)17-6-2-1-3-7-17/h1-4,6-9,16H,5,10-15H2/p+1. The van der Waals surface area contributed by atoms with E-state index in [1.807, 2.05) is 35.2 Å². The molecule has 1 fully saturated rings. The number of nitrogens with zero attached hydrogens (tertiary/aromatic N) is 3. The number of aryl methyl sites for hydroxylation is 1. The van der Waals surface area contributed by atoms with Crippen molar-refractivity contribution in [3.63, 3.8) is 0 Å². The third-order valence-electron chi connectivity index (χ3n) is 5.43. The molecule has 2 heterocycles. The van der Waals surface area contributed by atoms with Gasteiger partial charge in [0.05, 0.1) is 38.3 Å². The second-order valence-corrected chi connectivity index (χ2v) is 7.52. The topological polar surface area (TPSA) is 46.6 Å². The van der Waals surface area contributed by atoms with Crippen molar-refractivity contribution >= 4 is 5.69 Å². The fourth-order valence-corrected chi connectivity index (χ4v) is 3.76. The van der Waals surface area contributed by atoms with Crippen molar-refractivity contribution in [1.82, 2.24) is 10.1 Å². The molecule has 0 atom stereocenters.